The number of rotatable bonds is 5. The Morgan fingerprint density at radius 3 is 3.11 bits per heavy atom. The third-order valence-electron chi connectivity index (χ3n) is 3.16. The van der Waals surface area contributed by atoms with Crippen LogP contribution in [0.15, 0.2) is 18.2 Å². The molecule has 1 fully saturated rings. The van der Waals surface area contributed by atoms with E-state index in [-0.39, 0.29) is 12.1 Å². The first-order chi connectivity index (χ1) is 9.20. The fourth-order valence-corrected chi connectivity index (χ4v) is 2.05. The van der Waals surface area contributed by atoms with E-state index in [4.69, 9.17) is 4.74 Å². The number of carbonyl (C=O) groups excluding carboxylic acids is 1. The van der Waals surface area contributed by atoms with Gasteiger partial charge in [0, 0.05) is 13.1 Å². The number of hydrogen-bond acceptors (Lipinski definition) is 5. The minimum absolute atomic E-state index is 0.304. The Morgan fingerprint density at radius 2 is 2.42 bits per heavy atom. The second-order valence-electron chi connectivity index (χ2n) is 4.76. The van der Waals surface area contributed by atoms with Crippen LogP contribution in [-0.4, -0.2) is 41.9 Å². The van der Waals surface area contributed by atoms with E-state index in [1.165, 1.54) is 0 Å². The molecular formula is C14H20N2O3. The predicted molar refractivity (Wildman–Crippen MR) is 72.3 cm³/mol. The summed E-state index contributed by atoms with van der Waals surface area (Å²) in [5.41, 5.74) is 0.329. The molecule has 0 bridgehead atoms. The van der Waals surface area contributed by atoms with Crippen molar-refractivity contribution in [1.82, 2.24) is 4.98 Å². The fourth-order valence-electron chi connectivity index (χ4n) is 2.05. The zero-order valence-electron chi connectivity index (χ0n) is 11.2. The third-order valence-corrected chi connectivity index (χ3v) is 3.16. The molecule has 1 atom stereocenters. The zero-order valence-corrected chi connectivity index (χ0v) is 11.2. The molecular weight excluding hydrogens is 244 g/mol. The number of β-amino-alcohol motifs (C(OH)–C–C–N with tert-alkyl or cyclic N) is 1. The molecule has 104 valence electrons. The summed E-state index contributed by atoms with van der Waals surface area (Å²) in [7, 11) is 0. The van der Waals surface area contributed by atoms with Crippen LogP contribution in [0.3, 0.4) is 0 Å². The second-order valence-corrected chi connectivity index (χ2v) is 4.76. The molecule has 0 saturated carbocycles. The molecule has 0 spiro atoms. The van der Waals surface area contributed by atoms with Gasteiger partial charge in [0.15, 0.2) is 5.69 Å². The summed E-state index contributed by atoms with van der Waals surface area (Å²) in [5, 5.41) is 9.52. The average Bonchev–Trinajstić information content (AvgIpc) is 2.86. The van der Waals surface area contributed by atoms with Gasteiger partial charge >= 0.3 is 5.97 Å². The number of unbranched alkanes of at least 4 members (excludes halogenated alkanes) is 1. The van der Waals surface area contributed by atoms with E-state index in [0.717, 1.165) is 31.6 Å². The Labute approximate surface area is 113 Å². The molecule has 1 N–H and O–H groups in total. The first-order valence-corrected chi connectivity index (χ1v) is 6.78. The minimum atomic E-state index is -0.380. The Morgan fingerprint density at radius 1 is 1.58 bits per heavy atom. The van der Waals surface area contributed by atoms with Gasteiger partial charge in [-0.2, -0.15) is 0 Å². The van der Waals surface area contributed by atoms with E-state index in [0.29, 0.717) is 18.8 Å². The van der Waals surface area contributed by atoms with Crippen molar-refractivity contribution in [1.29, 1.82) is 0 Å². The Balaban J connectivity index is 2.00. The van der Waals surface area contributed by atoms with Crippen molar-refractivity contribution >= 4 is 11.8 Å². The van der Waals surface area contributed by atoms with Gasteiger partial charge in [0.05, 0.1) is 12.7 Å². The summed E-state index contributed by atoms with van der Waals surface area (Å²) in [4.78, 5) is 18.1. The number of nitrogens with zero attached hydrogens (tertiary/aromatic N) is 2. The number of anilines is 1. The van der Waals surface area contributed by atoms with E-state index in [2.05, 4.69) is 4.98 Å². The average molecular weight is 264 g/mol. The first-order valence-electron chi connectivity index (χ1n) is 6.78. The van der Waals surface area contributed by atoms with Crippen LogP contribution < -0.4 is 4.90 Å². The highest BCUT2D eigenvalue weighted by Crippen LogP contribution is 2.18. The molecule has 1 aromatic heterocycles. The molecule has 19 heavy (non-hydrogen) atoms. The minimum Gasteiger partial charge on any atom is -0.461 e. The molecule has 0 aromatic carbocycles. The SMILES string of the molecule is CCCCOC(=O)c1cccc(N2CC[C@H](O)C2)n1. The van der Waals surface area contributed by atoms with Crippen molar-refractivity contribution in [2.45, 2.75) is 32.3 Å². The van der Waals surface area contributed by atoms with E-state index < -0.39 is 0 Å². The number of esters is 1. The number of carbonyl (C=O) groups is 1. The van der Waals surface area contributed by atoms with Crippen LogP contribution in [0.5, 0.6) is 0 Å². The maximum Gasteiger partial charge on any atom is 0.357 e. The van der Waals surface area contributed by atoms with Crippen LogP contribution in [0.4, 0.5) is 5.82 Å². The standard InChI is InChI=1S/C14H20N2O3/c1-2-3-9-19-14(18)12-5-4-6-13(15-12)16-8-7-11(17)10-16/h4-6,11,17H,2-3,7-10H2,1H3/t11-/m0/s1. The fraction of sp³-hybridized carbons (Fsp3) is 0.571. The van der Waals surface area contributed by atoms with Crippen molar-refractivity contribution in [2.75, 3.05) is 24.6 Å². The largest absolute Gasteiger partial charge is 0.461 e. The number of pyridine rings is 1. The number of aliphatic hydroxyl groups is 1. The molecule has 1 saturated heterocycles. The number of hydrogen-bond donors (Lipinski definition) is 1. The summed E-state index contributed by atoms with van der Waals surface area (Å²) in [6.45, 7) is 3.82. The smallest absolute Gasteiger partial charge is 0.357 e. The quantitative estimate of drug-likeness (QED) is 0.646. The lowest BCUT2D eigenvalue weighted by molar-refractivity contribution is 0.0493. The van der Waals surface area contributed by atoms with Gasteiger partial charge in [-0.1, -0.05) is 19.4 Å². The number of ether oxygens (including phenoxy) is 1. The van der Waals surface area contributed by atoms with Gasteiger partial charge in [-0.3, -0.25) is 0 Å². The highest BCUT2D eigenvalue weighted by Gasteiger charge is 2.22. The van der Waals surface area contributed by atoms with Crippen molar-refractivity contribution in [3.63, 3.8) is 0 Å². The van der Waals surface area contributed by atoms with Gasteiger partial charge in [0.25, 0.3) is 0 Å². The maximum atomic E-state index is 11.8. The molecule has 5 heteroatoms. The number of aliphatic hydroxyl groups excluding tert-OH is 1. The topological polar surface area (TPSA) is 62.7 Å². The van der Waals surface area contributed by atoms with Gasteiger partial charge in [0.2, 0.25) is 0 Å². The van der Waals surface area contributed by atoms with Gasteiger partial charge in [-0.15, -0.1) is 0 Å². The normalized spacial score (nSPS) is 18.6. The molecule has 5 nitrogen and oxygen atoms in total. The van der Waals surface area contributed by atoms with Crippen LogP contribution in [0.25, 0.3) is 0 Å². The lowest BCUT2D eigenvalue weighted by Gasteiger charge is -2.16. The molecule has 0 radical (unpaired) electrons. The lowest BCUT2D eigenvalue weighted by atomic mass is 10.3. The summed E-state index contributed by atoms with van der Waals surface area (Å²) in [6.07, 6.45) is 2.30. The van der Waals surface area contributed by atoms with Gasteiger partial charge in [-0.05, 0) is 25.0 Å². The van der Waals surface area contributed by atoms with E-state index in [9.17, 15) is 9.90 Å². The summed E-state index contributed by atoms with van der Waals surface area (Å²) >= 11 is 0. The summed E-state index contributed by atoms with van der Waals surface area (Å²) < 4.78 is 5.14. The monoisotopic (exact) mass is 264 g/mol. The third kappa shape index (κ3) is 3.67. The zero-order chi connectivity index (χ0) is 13.7. The Hall–Kier alpha value is -1.62. The highest BCUT2D eigenvalue weighted by atomic mass is 16.5. The maximum absolute atomic E-state index is 11.8. The van der Waals surface area contributed by atoms with E-state index >= 15 is 0 Å². The lowest BCUT2D eigenvalue weighted by Crippen LogP contribution is -2.23. The predicted octanol–water partition coefficient (Wildman–Crippen LogP) is 1.61. The molecule has 1 aliphatic heterocycles. The van der Waals surface area contributed by atoms with Crippen LogP contribution in [0.2, 0.25) is 0 Å². The van der Waals surface area contributed by atoms with Crippen molar-refractivity contribution in [2.24, 2.45) is 0 Å². The molecule has 0 unspecified atom stereocenters. The molecule has 0 aliphatic carbocycles. The van der Waals surface area contributed by atoms with Crippen molar-refractivity contribution in [3.8, 4) is 0 Å². The van der Waals surface area contributed by atoms with Crippen molar-refractivity contribution < 1.29 is 14.6 Å². The van der Waals surface area contributed by atoms with Crippen LogP contribution >= 0.6 is 0 Å². The van der Waals surface area contributed by atoms with Gasteiger partial charge in [0.1, 0.15) is 5.82 Å². The first kappa shape index (κ1) is 13.8. The summed E-state index contributed by atoms with van der Waals surface area (Å²) in [5.74, 6) is 0.344. The second kappa shape index (κ2) is 6.52. The molecule has 2 rings (SSSR count). The van der Waals surface area contributed by atoms with E-state index in [1.54, 1.807) is 12.1 Å². The van der Waals surface area contributed by atoms with E-state index in [1.807, 2.05) is 17.9 Å². The van der Waals surface area contributed by atoms with Crippen LogP contribution in [0, 0.1) is 0 Å². The Kier molecular flexibility index (Phi) is 4.74. The highest BCUT2D eigenvalue weighted by molar-refractivity contribution is 5.87. The molecule has 1 aliphatic rings. The van der Waals surface area contributed by atoms with Crippen molar-refractivity contribution in [3.05, 3.63) is 23.9 Å². The molecule has 0 amide bonds. The van der Waals surface area contributed by atoms with Crippen LogP contribution in [0.1, 0.15) is 36.7 Å². The molecule has 1 aromatic rings. The number of aromatic nitrogens is 1. The Bertz CT molecular complexity index is 436. The van der Waals surface area contributed by atoms with Gasteiger partial charge in [-0.25, -0.2) is 9.78 Å². The van der Waals surface area contributed by atoms with Gasteiger partial charge < -0.3 is 14.7 Å². The summed E-state index contributed by atoms with van der Waals surface area (Å²) in [6, 6.07) is 5.30. The molecule has 2 heterocycles. The van der Waals surface area contributed by atoms with Crippen LogP contribution in [-0.2, 0) is 4.74 Å².